The van der Waals surface area contributed by atoms with Crippen LogP contribution in [0.25, 0.3) is 111 Å². The minimum Gasteiger partial charge on any atom is -0.456 e. The molecule has 59 heavy (non-hydrogen) atoms. The molecule has 0 radical (unpaired) electrons. The van der Waals surface area contributed by atoms with Gasteiger partial charge in [0.1, 0.15) is 33.5 Å². The number of fused-ring (bicyclic) bond motifs is 13. The van der Waals surface area contributed by atoms with Crippen LogP contribution in [0.3, 0.4) is 0 Å². The van der Waals surface area contributed by atoms with Gasteiger partial charge in [-0.1, -0.05) is 128 Å². The Bertz CT molecular complexity index is 3640. The van der Waals surface area contributed by atoms with Gasteiger partial charge in [0.15, 0.2) is 0 Å². The number of nitrogens with zero attached hydrogens (tertiary/aromatic N) is 1. The van der Waals surface area contributed by atoms with Crippen molar-refractivity contribution in [3.63, 3.8) is 0 Å². The van der Waals surface area contributed by atoms with Crippen molar-refractivity contribution in [1.82, 2.24) is 4.57 Å². The SMILES string of the molecule is CC1c2c(n(-c3ccc4oc5ccc(-c6c(-c7ccccc7)c7oc8ccccc8c7c7oc8ccccc8c67)cc5c4c3)c3ccccc23)C=CC1C1=CC=CCC1. The maximum atomic E-state index is 6.84. The van der Waals surface area contributed by atoms with Crippen molar-refractivity contribution in [1.29, 1.82) is 0 Å². The molecule has 280 valence electrons. The minimum absolute atomic E-state index is 0.360. The van der Waals surface area contributed by atoms with Crippen LogP contribution in [0.5, 0.6) is 0 Å². The Kier molecular flexibility index (Phi) is 6.86. The zero-order chi connectivity index (χ0) is 38.8. The maximum Gasteiger partial charge on any atom is 0.147 e. The molecule has 0 spiro atoms. The van der Waals surface area contributed by atoms with Crippen LogP contribution in [0.15, 0.2) is 183 Å². The summed E-state index contributed by atoms with van der Waals surface area (Å²) >= 11 is 0. The lowest BCUT2D eigenvalue weighted by atomic mass is 9.76. The first-order valence-electron chi connectivity index (χ1n) is 20.7. The van der Waals surface area contributed by atoms with E-state index in [4.69, 9.17) is 13.3 Å². The Morgan fingerprint density at radius 2 is 1.24 bits per heavy atom. The average Bonchev–Trinajstić information content (AvgIpc) is 4.05. The third-order valence-electron chi connectivity index (χ3n) is 13.1. The summed E-state index contributed by atoms with van der Waals surface area (Å²) < 4.78 is 22.7. The van der Waals surface area contributed by atoms with Crippen LogP contribution in [0.2, 0.25) is 0 Å². The number of para-hydroxylation sites is 3. The van der Waals surface area contributed by atoms with Gasteiger partial charge in [-0.25, -0.2) is 0 Å². The molecule has 2 aliphatic carbocycles. The van der Waals surface area contributed by atoms with Crippen molar-refractivity contribution in [3.8, 4) is 27.9 Å². The molecule has 2 unspecified atom stereocenters. The first-order valence-corrected chi connectivity index (χ1v) is 20.7. The zero-order valence-corrected chi connectivity index (χ0v) is 32.4. The lowest BCUT2D eigenvalue weighted by molar-refractivity contribution is 0.588. The van der Waals surface area contributed by atoms with Crippen LogP contribution >= 0.6 is 0 Å². The molecule has 0 amide bonds. The number of furan rings is 3. The van der Waals surface area contributed by atoms with Gasteiger partial charge in [-0.2, -0.15) is 0 Å². The second-order valence-corrected chi connectivity index (χ2v) is 16.2. The van der Waals surface area contributed by atoms with Crippen molar-refractivity contribution in [2.75, 3.05) is 0 Å². The van der Waals surface area contributed by atoms with Gasteiger partial charge < -0.3 is 17.8 Å². The molecular weight excluding hydrogens is 723 g/mol. The Morgan fingerprint density at radius 1 is 0.559 bits per heavy atom. The van der Waals surface area contributed by atoms with E-state index in [1.54, 1.807) is 0 Å². The normalized spacial score (nSPS) is 16.7. The van der Waals surface area contributed by atoms with Crippen molar-refractivity contribution in [2.45, 2.75) is 25.7 Å². The zero-order valence-electron chi connectivity index (χ0n) is 32.4. The number of hydrogen-bond donors (Lipinski definition) is 0. The molecule has 11 aromatic rings. The van der Waals surface area contributed by atoms with Gasteiger partial charge in [0, 0.05) is 55.0 Å². The highest BCUT2D eigenvalue weighted by atomic mass is 16.3. The third-order valence-corrected chi connectivity index (χ3v) is 13.1. The van der Waals surface area contributed by atoms with Gasteiger partial charge >= 0.3 is 0 Å². The smallest absolute Gasteiger partial charge is 0.147 e. The molecule has 0 saturated carbocycles. The van der Waals surface area contributed by atoms with E-state index in [0.29, 0.717) is 11.8 Å². The summed E-state index contributed by atoms with van der Waals surface area (Å²) in [5, 5.41) is 7.66. The van der Waals surface area contributed by atoms with E-state index in [1.165, 1.54) is 27.7 Å². The standard InChI is InChI=1S/C55H37NO3/c1-32-37(33-14-4-2-5-15-33)26-27-44-49(32)38-18-8-11-21-43(38)56(44)36-25-29-48-42(31-36)41-30-35(24-28-47(41)57-48)50-51(34-16-6-3-7-17-34)54-53(40-20-10-13-23-46(40)58-54)55-52(50)39-19-9-12-22-45(39)59-55/h2-4,6-14,16-32,37H,5,15H2,1H3. The van der Waals surface area contributed by atoms with Gasteiger partial charge in [0.05, 0.1) is 16.6 Å². The average molecular weight is 760 g/mol. The largest absolute Gasteiger partial charge is 0.456 e. The van der Waals surface area contributed by atoms with Gasteiger partial charge in [0.25, 0.3) is 0 Å². The predicted molar refractivity (Wildman–Crippen MR) is 243 cm³/mol. The molecule has 13 rings (SSSR count). The molecule has 0 saturated heterocycles. The van der Waals surface area contributed by atoms with Crippen molar-refractivity contribution < 1.29 is 13.3 Å². The molecule has 4 heterocycles. The fraction of sp³-hybridized carbons (Fsp3) is 0.0909. The number of hydrogen-bond acceptors (Lipinski definition) is 3. The van der Waals surface area contributed by atoms with E-state index in [1.807, 2.05) is 18.2 Å². The summed E-state index contributed by atoms with van der Waals surface area (Å²) in [5.41, 5.74) is 15.9. The Hall–Kier alpha value is -7.30. The molecule has 0 aliphatic heterocycles. The van der Waals surface area contributed by atoms with Crippen molar-refractivity contribution in [3.05, 3.63) is 181 Å². The fourth-order valence-corrected chi connectivity index (χ4v) is 10.5. The fourth-order valence-electron chi connectivity index (χ4n) is 10.5. The van der Waals surface area contributed by atoms with Crippen LogP contribution in [0.1, 0.15) is 36.9 Å². The molecule has 7 aromatic carbocycles. The van der Waals surface area contributed by atoms with Crippen LogP contribution in [0, 0.1) is 5.92 Å². The molecule has 2 atom stereocenters. The van der Waals surface area contributed by atoms with E-state index >= 15 is 0 Å². The van der Waals surface area contributed by atoms with Crippen LogP contribution in [-0.4, -0.2) is 4.57 Å². The monoisotopic (exact) mass is 759 g/mol. The topological polar surface area (TPSA) is 44.4 Å². The van der Waals surface area contributed by atoms with Crippen molar-refractivity contribution >= 4 is 82.8 Å². The second-order valence-electron chi connectivity index (χ2n) is 16.2. The molecule has 0 fully saturated rings. The molecular formula is C55H37NO3. The van der Waals surface area contributed by atoms with Gasteiger partial charge in [-0.3, -0.25) is 0 Å². The predicted octanol–water partition coefficient (Wildman–Crippen LogP) is 15.7. The van der Waals surface area contributed by atoms with Crippen LogP contribution < -0.4 is 0 Å². The highest BCUT2D eigenvalue weighted by molar-refractivity contribution is 6.31. The highest BCUT2D eigenvalue weighted by Crippen LogP contribution is 2.52. The van der Waals surface area contributed by atoms with E-state index in [0.717, 1.165) is 107 Å². The minimum atomic E-state index is 0.360. The first-order chi connectivity index (χ1) is 29.2. The second kappa shape index (κ2) is 12.3. The van der Waals surface area contributed by atoms with Gasteiger partial charge in [-0.15, -0.1) is 0 Å². The highest BCUT2D eigenvalue weighted by Gasteiger charge is 2.31. The first kappa shape index (κ1) is 32.8. The number of rotatable bonds is 4. The quantitative estimate of drug-likeness (QED) is 0.179. The number of aromatic nitrogens is 1. The maximum absolute atomic E-state index is 6.84. The Morgan fingerprint density at radius 3 is 2.03 bits per heavy atom. The molecule has 0 bridgehead atoms. The van der Waals surface area contributed by atoms with E-state index < -0.39 is 0 Å². The third kappa shape index (κ3) is 4.66. The number of allylic oxidation sites excluding steroid dienone is 5. The summed E-state index contributed by atoms with van der Waals surface area (Å²) in [4.78, 5) is 0. The summed E-state index contributed by atoms with van der Waals surface area (Å²) in [7, 11) is 0. The molecule has 2 aliphatic rings. The van der Waals surface area contributed by atoms with Crippen molar-refractivity contribution in [2.24, 2.45) is 5.92 Å². The van der Waals surface area contributed by atoms with Crippen LogP contribution in [-0.2, 0) is 0 Å². The summed E-state index contributed by atoms with van der Waals surface area (Å²) in [6, 6.07) is 49.5. The molecule has 4 aromatic heterocycles. The van der Waals surface area contributed by atoms with E-state index in [-0.39, 0.29) is 0 Å². The number of benzene rings is 7. The van der Waals surface area contributed by atoms with E-state index in [9.17, 15) is 0 Å². The molecule has 4 nitrogen and oxygen atoms in total. The summed E-state index contributed by atoms with van der Waals surface area (Å²) in [5.74, 6) is 0.752. The Balaban J connectivity index is 1.07. The lowest BCUT2D eigenvalue weighted by Crippen LogP contribution is -2.16. The van der Waals surface area contributed by atoms with Gasteiger partial charge in [-0.05, 0) is 90.1 Å². The Labute approximate surface area is 339 Å². The van der Waals surface area contributed by atoms with Gasteiger partial charge in [0.2, 0.25) is 0 Å². The summed E-state index contributed by atoms with van der Waals surface area (Å²) in [6.45, 7) is 2.41. The lowest BCUT2D eigenvalue weighted by Gasteiger charge is -2.29. The van der Waals surface area contributed by atoms with Crippen LogP contribution in [0.4, 0.5) is 0 Å². The molecule has 0 N–H and O–H groups in total. The van der Waals surface area contributed by atoms with E-state index in [2.05, 4.69) is 163 Å². The molecule has 4 heteroatoms. The summed E-state index contributed by atoms with van der Waals surface area (Å²) in [6.07, 6.45) is 13.9.